The van der Waals surface area contributed by atoms with Gasteiger partial charge in [0, 0.05) is 17.8 Å². The van der Waals surface area contributed by atoms with E-state index >= 15 is 0 Å². The maximum atomic E-state index is 2.52. The van der Waals surface area contributed by atoms with Crippen molar-refractivity contribution in [3.05, 3.63) is 109 Å². The number of rotatable bonds is 2. The van der Waals surface area contributed by atoms with Crippen LogP contribution < -0.4 is 4.90 Å². The summed E-state index contributed by atoms with van der Waals surface area (Å²) in [6, 6.07) is 28.4. The van der Waals surface area contributed by atoms with Gasteiger partial charge in [0.2, 0.25) is 0 Å². The van der Waals surface area contributed by atoms with Crippen molar-refractivity contribution in [1.82, 2.24) is 0 Å². The zero-order chi connectivity index (χ0) is 17.4. The van der Waals surface area contributed by atoms with Crippen LogP contribution in [0.3, 0.4) is 0 Å². The summed E-state index contributed by atoms with van der Waals surface area (Å²) in [5, 5.41) is 0. The molecule has 0 radical (unpaired) electrons. The lowest BCUT2D eigenvalue weighted by atomic mass is 9.87. The van der Waals surface area contributed by atoms with Crippen LogP contribution in [0.5, 0.6) is 0 Å². The van der Waals surface area contributed by atoms with Gasteiger partial charge in [-0.2, -0.15) is 0 Å². The number of nitrogens with zero attached hydrogens (tertiary/aromatic N) is 1. The van der Waals surface area contributed by atoms with Crippen LogP contribution >= 0.6 is 0 Å². The Kier molecular flexibility index (Phi) is 3.53. The summed E-state index contributed by atoms with van der Waals surface area (Å²) in [5.74, 6) is 0. The molecule has 126 valence electrons. The molecular formula is C25H21N. The molecule has 0 fully saturated rings. The Bertz CT molecular complexity index is 982. The molecule has 1 heterocycles. The van der Waals surface area contributed by atoms with Gasteiger partial charge in [-0.25, -0.2) is 0 Å². The number of anilines is 2. The molecule has 5 rings (SSSR count). The summed E-state index contributed by atoms with van der Waals surface area (Å²) in [7, 11) is 0. The first-order valence-corrected chi connectivity index (χ1v) is 9.24. The summed E-state index contributed by atoms with van der Waals surface area (Å²) in [6.45, 7) is 0. The van der Waals surface area contributed by atoms with Crippen molar-refractivity contribution in [2.75, 3.05) is 4.90 Å². The van der Waals surface area contributed by atoms with Gasteiger partial charge in [0.05, 0.1) is 5.54 Å². The highest BCUT2D eigenvalue weighted by molar-refractivity contribution is 5.76. The van der Waals surface area contributed by atoms with E-state index in [2.05, 4.69) is 108 Å². The fraction of sp³-hybridized carbons (Fsp3) is 0.120. The molecule has 1 spiro atoms. The second kappa shape index (κ2) is 6.03. The maximum Gasteiger partial charge on any atom is 0.0712 e. The molecule has 2 aliphatic rings. The van der Waals surface area contributed by atoms with Crippen LogP contribution in [0.4, 0.5) is 11.4 Å². The summed E-state index contributed by atoms with van der Waals surface area (Å²) in [6.07, 6.45) is 11.1. The van der Waals surface area contributed by atoms with E-state index in [9.17, 15) is 0 Å². The quantitative estimate of drug-likeness (QED) is 0.531. The van der Waals surface area contributed by atoms with Crippen LogP contribution in [-0.2, 0) is 6.42 Å². The average molecular weight is 335 g/mol. The highest BCUT2D eigenvalue weighted by Crippen LogP contribution is 2.47. The monoisotopic (exact) mass is 335 g/mol. The molecule has 3 aromatic carbocycles. The van der Waals surface area contributed by atoms with E-state index in [0.29, 0.717) is 0 Å². The molecule has 26 heavy (non-hydrogen) atoms. The minimum Gasteiger partial charge on any atom is -0.331 e. The van der Waals surface area contributed by atoms with E-state index in [1.807, 2.05) is 0 Å². The van der Waals surface area contributed by atoms with Gasteiger partial charge in [-0.05, 0) is 41.3 Å². The van der Waals surface area contributed by atoms with Gasteiger partial charge in [-0.15, -0.1) is 0 Å². The normalized spacial score (nSPS) is 20.5. The van der Waals surface area contributed by atoms with Crippen molar-refractivity contribution in [1.29, 1.82) is 0 Å². The van der Waals surface area contributed by atoms with Crippen molar-refractivity contribution in [2.45, 2.75) is 18.4 Å². The summed E-state index contributed by atoms with van der Waals surface area (Å²) >= 11 is 0. The van der Waals surface area contributed by atoms with Crippen LogP contribution in [0.1, 0.15) is 12.0 Å². The molecule has 1 aliphatic heterocycles. The Morgan fingerprint density at radius 3 is 2.19 bits per heavy atom. The second-order valence-corrected chi connectivity index (χ2v) is 7.15. The van der Waals surface area contributed by atoms with Crippen molar-refractivity contribution in [2.24, 2.45) is 0 Å². The number of fused-ring (bicyclic) bond motifs is 1. The summed E-state index contributed by atoms with van der Waals surface area (Å²) in [4.78, 5) is 2.52. The highest BCUT2D eigenvalue weighted by Gasteiger charge is 2.42. The van der Waals surface area contributed by atoms with Gasteiger partial charge in [-0.3, -0.25) is 0 Å². The number of para-hydroxylation sites is 1. The Morgan fingerprint density at radius 2 is 1.42 bits per heavy atom. The lowest BCUT2D eigenvalue weighted by Gasteiger charge is -2.39. The maximum absolute atomic E-state index is 2.52. The lowest BCUT2D eigenvalue weighted by molar-refractivity contribution is 0.545. The lowest BCUT2D eigenvalue weighted by Crippen LogP contribution is -2.42. The third-order valence-electron chi connectivity index (χ3n) is 5.53. The number of benzene rings is 3. The molecule has 1 atom stereocenters. The number of allylic oxidation sites excluding steroid dienone is 2. The fourth-order valence-electron chi connectivity index (χ4n) is 4.31. The fourth-order valence-corrected chi connectivity index (χ4v) is 4.31. The largest absolute Gasteiger partial charge is 0.331 e. The van der Waals surface area contributed by atoms with Crippen molar-refractivity contribution >= 4 is 11.4 Å². The SMILES string of the molecule is C1=CCC2(C=C1)Cc1ccccc1N2c1ccc(-c2ccccc2)cc1. The Balaban J connectivity index is 1.58. The van der Waals surface area contributed by atoms with E-state index in [1.54, 1.807) is 0 Å². The van der Waals surface area contributed by atoms with Crippen LogP contribution in [0.25, 0.3) is 11.1 Å². The van der Waals surface area contributed by atoms with Gasteiger partial charge in [0.1, 0.15) is 0 Å². The van der Waals surface area contributed by atoms with Crippen LogP contribution in [0, 0.1) is 0 Å². The first kappa shape index (κ1) is 15.2. The smallest absolute Gasteiger partial charge is 0.0712 e. The molecule has 0 N–H and O–H groups in total. The highest BCUT2D eigenvalue weighted by atomic mass is 15.2. The molecule has 3 aromatic rings. The van der Waals surface area contributed by atoms with Crippen LogP contribution in [-0.4, -0.2) is 5.54 Å². The van der Waals surface area contributed by atoms with E-state index < -0.39 is 0 Å². The van der Waals surface area contributed by atoms with E-state index in [1.165, 1.54) is 28.1 Å². The molecule has 0 bridgehead atoms. The van der Waals surface area contributed by atoms with E-state index in [-0.39, 0.29) is 5.54 Å². The number of hydrogen-bond acceptors (Lipinski definition) is 1. The molecular weight excluding hydrogens is 314 g/mol. The molecule has 0 aromatic heterocycles. The predicted octanol–water partition coefficient (Wildman–Crippen LogP) is 6.30. The average Bonchev–Trinajstić information content (AvgIpc) is 3.02. The molecule has 1 nitrogen and oxygen atoms in total. The molecule has 1 aliphatic carbocycles. The third kappa shape index (κ3) is 2.40. The second-order valence-electron chi connectivity index (χ2n) is 7.15. The Morgan fingerprint density at radius 1 is 0.692 bits per heavy atom. The van der Waals surface area contributed by atoms with Gasteiger partial charge in [-0.1, -0.05) is 85.0 Å². The van der Waals surface area contributed by atoms with Crippen molar-refractivity contribution < 1.29 is 0 Å². The predicted molar refractivity (Wildman–Crippen MR) is 110 cm³/mol. The summed E-state index contributed by atoms with van der Waals surface area (Å²) in [5.41, 5.74) is 6.56. The van der Waals surface area contributed by atoms with Gasteiger partial charge >= 0.3 is 0 Å². The van der Waals surface area contributed by atoms with E-state index in [0.717, 1.165) is 12.8 Å². The van der Waals surface area contributed by atoms with Gasteiger partial charge in [0.25, 0.3) is 0 Å². The molecule has 0 saturated heterocycles. The molecule has 0 saturated carbocycles. The number of hydrogen-bond donors (Lipinski definition) is 0. The first-order chi connectivity index (χ1) is 12.9. The van der Waals surface area contributed by atoms with Crippen LogP contribution in [0.15, 0.2) is 103 Å². The van der Waals surface area contributed by atoms with Crippen molar-refractivity contribution in [3.8, 4) is 11.1 Å². The van der Waals surface area contributed by atoms with Crippen LogP contribution in [0.2, 0.25) is 0 Å². The first-order valence-electron chi connectivity index (χ1n) is 9.24. The summed E-state index contributed by atoms with van der Waals surface area (Å²) < 4.78 is 0. The topological polar surface area (TPSA) is 3.24 Å². The zero-order valence-electron chi connectivity index (χ0n) is 14.7. The minimum absolute atomic E-state index is 0.0205. The zero-order valence-corrected chi connectivity index (χ0v) is 14.7. The van der Waals surface area contributed by atoms with Gasteiger partial charge in [0.15, 0.2) is 0 Å². The molecule has 1 heteroatoms. The third-order valence-corrected chi connectivity index (χ3v) is 5.53. The molecule has 1 unspecified atom stereocenters. The molecule has 0 amide bonds. The Labute approximate surface area is 154 Å². The van der Waals surface area contributed by atoms with E-state index in [4.69, 9.17) is 0 Å². The Hall–Kier alpha value is -3.06. The minimum atomic E-state index is 0.0205. The van der Waals surface area contributed by atoms with Gasteiger partial charge < -0.3 is 4.90 Å². The van der Waals surface area contributed by atoms with Crippen molar-refractivity contribution in [3.63, 3.8) is 0 Å². The standard InChI is InChI=1S/C25H21N/c1-3-9-20(10-4-1)21-13-15-23(16-14-21)26-24-12-6-5-11-22(24)19-25(26)17-7-2-8-18-25/h1-17H,18-19H2.